The van der Waals surface area contributed by atoms with Gasteiger partial charge in [0.25, 0.3) is 17.7 Å². The number of nitrogens with zero attached hydrogens (tertiary/aromatic N) is 1. The number of benzene rings is 2. The minimum atomic E-state index is -0.890. The molecule has 0 radical (unpaired) electrons. The van der Waals surface area contributed by atoms with Gasteiger partial charge in [-0.15, -0.1) is 0 Å². The molecule has 1 atom stereocenters. The Labute approximate surface area is 195 Å². The molecule has 32 heavy (non-hydrogen) atoms. The van der Waals surface area contributed by atoms with E-state index in [2.05, 4.69) is 21.2 Å². The van der Waals surface area contributed by atoms with Gasteiger partial charge in [-0.3, -0.25) is 25.2 Å². The van der Waals surface area contributed by atoms with E-state index in [4.69, 9.17) is 23.2 Å². The van der Waals surface area contributed by atoms with Gasteiger partial charge in [-0.2, -0.15) is 0 Å². The van der Waals surface area contributed by atoms with Crippen molar-refractivity contribution in [1.29, 1.82) is 0 Å². The Bertz CT molecular complexity index is 1170. The predicted molar refractivity (Wildman–Crippen MR) is 125 cm³/mol. The van der Waals surface area contributed by atoms with Crippen LogP contribution in [0.2, 0.25) is 10.0 Å². The zero-order valence-electron chi connectivity index (χ0n) is 17.5. The van der Waals surface area contributed by atoms with Gasteiger partial charge >= 0.3 is 0 Å². The van der Waals surface area contributed by atoms with Crippen LogP contribution in [0.15, 0.2) is 54.6 Å². The van der Waals surface area contributed by atoms with Crippen molar-refractivity contribution < 1.29 is 14.4 Å². The molecule has 166 valence electrons. The van der Waals surface area contributed by atoms with Gasteiger partial charge in [0, 0.05) is 10.4 Å². The molecule has 0 aliphatic rings. The smallest absolute Gasteiger partial charge is 0.288 e. The molecule has 1 aromatic heterocycles. The molecule has 3 aromatic rings. The lowest BCUT2D eigenvalue weighted by molar-refractivity contribution is -0.124. The molecule has 0 aliphatic heterocycles. The van der Waals surface area contributed by atoms with Crippen molar-refractivity contribution in [3.63, 3.8) is 0 Å². The number of hydrogen-bond donors (Lipinski definition) is 3. The van der Waals surface area contributed by atoms with Gasteiger partial charge in [0.15, 0.2) is 0 Å². The van der Waals surface area contributed by atoms with Gasteiger partial charge in [-0.1, -0.05) is 61.3 Å². The number of rotatable bonds is 6. The van der Waals surface area contributed by atoms with E-state index in [1.165, 1.54) is 18.2 Å². The van der Waals surface area contributed by atoms with Crippen LogP contribution in [-0.4, -0.2) is 28.7 Å². The number of para-hydroxylation sites is 1. The lowest BCUT2D eigenvalue weighted by atomic mass is 10.0. The first kappa shape index (κ1) is 23.5. The number of nitrogens with one attached hydrogen (secondary N) is 3. The number of hydrogen-bond acceptors (Lipinski definition) is 4. The molecule has 3 N–H and O–H groups in total. The summed E-state index contributed by atoms with van der Waals surface area (Å²) in [6, 6.07) is 14.3. The Morgan fingerprint density at radius 1 is 0.938 bits per heavy atom. The van der Waals surface area contributed by atoms with Gasteiger partial charge in [0.1, 0.15) is 11.7 Å². The van der Waals surface area contributed by atoms with E-state index in [9.17, 15) is 14.4 Å². The molecule has 0 fully saturated rings. The van der Waals surface area contributed by atoms with Crippen molar-refractivity contribution >= 4 is 51.8 Å². The quantitative estimate of drug-likeness (QED) is 0.469. The van der Waals surface area contributed by atoms with Crippen molar-refractivity contribution in [2.45, 2.75) is 26.3 Å². The van der Waals surface area contributed by atoms with Gasteiger partial charge in [-0.25, -0.2) is 4.98 Å². The molecule has 9 heteroatoms. The van der Waals surface area contributed by atoms with E-state index in [0.29, 0.717) is 17.0 Å². The lowest BCUT2D eigenvalue weighted by Crippen LogP contribution is -2.52. The largest absolute Gasteiger partial charge is 0.340 e. The molecule has 3 rings (SSSR count). The minimum absolute atomic E-state index is 0.101. The number of fused-ring (bicyclic) bond motifs is 1. The van der Waals surface area contributed by atoms with E-state index in [1.807, 2.05) is 32.0 Å². The Morgan fingerprint density at radius 3 is 2.41 bits per heavy atom. The second-order valence-electron chi connectivity index (χ2n) is 7.61. The number of amides is 3. The topological polar surface area (TPSA) is 100 Å². The molecule has 0 spiro atoms. The van der Waals surface area contributed by atoms with Gasteiger partial charge < -0.3 is 5.32 Å². The molecule has 0 saturated heterocycles. The minimum Gasteiger partial charge on any atom is -0.340 e. The summed E-state index contributed by atoms with van der Waals surface area (Å²) in [5.74, 6) is -1.55. The Balaban J connectivity index is 1.67. The Kier molecular flexibility index (Phi) is 7.66. The first-order valence-corrected chi connectivity index (χ1v) is 10.7. The fraction of sp³-hybridized carbons (Fsp3) is 0.217. The summed E-state index contributed by atoms with van der Waals surface area (Å²) in [7, 11) is 0. The fourth-order valence-corrected chi connectivity index (χ4v) is 3.57. The molecule has 1 heterocycles. The van der Waals surface area contributed by atoms with Crippen molar-refractivity contribution in [2.75, 3.05) is 0 Å². The predicted octanol–water partition coefficient (Wildman–Crippen LogP) is 4.15. The van der Waals surface area contributed by atoms with Gasteiger partial charge in [0.05, 0.1) is 16.1 Å². The van der Waals surface area contributed by atoms with E-state index in [-0.39, 0.29) is 22.2 Å². The highest BCUT2D eigenvalue weighted by atomic mass is 35.5. The van der Waals surface area contributed by atoms with E-state index in [0.717, 1.165) is 5.39 Å². The van der Waals surface area contributed by atoms with E-state index >= 15 is 0 Å². The normalized spacial score (nSPS) is 11.8. The third-order valence-corrected chi connectivity index (χ3v) is 5.18. The summed E-state index contributed by atoms with van der Waals surface area (Å²) in [6.45, 7) is 3.83. The molecular formula is C23H22Cl2N4O3. The highest BCUT2D eigenvalue weighted by molar-refractivity contribution is 6.36. The van der Waals surface area contributed by atoms with Crippen LogP contribution in [0.5, 0.6) is 0 Å². The average Bonchev–Trinajstić information content (AvgIpc) is 2.76. The zero-order chi connectivity index (χ0) is 23.3. The monoisotopic (exact) mass is 472 g/mol. The lowest BCUT2D eigenvalue weighted by Gasteiger charge is -2.20. The Morgan fingerprint density at radius 2 is 1.69 bits per heavy atom. The average molecular weight is 473 g/mol. The maximum absolute atomic E-state index is 12.7. The standard InChI is InChI=1S/C23H22Cl2N4O3/c1-13(2)11-20(27-21(30)16-9-8-15(24)12-17(16)25)23(32)29-28-22(31)19-10-7-14-5-3-4-6-18(14)26-19/h3-10,12-13,20H,11H2,1-2H3,(H,27,30)(H,28,31)(H,29,32). The second kappa shape index (κ2) is 10.4. The van der Waals surface area contributed by atoms with Crippen LogP contribution in [0.25, 0.3) is 10.9 Å². The van der Waals surface area contributed by atoms with Crippen LogP contribution in [-0.2, 0) is 4.79 Å². The van der Waals surface area contributed by atoms with Gasteiger partial charge in [-0.05, 0) is 42.7 Å². The number of carbonyl (C=O) groups excluding carboxylic acids is 3. The van der Waals surface area contributed by atoms with Crippen molar-refractivity contribution in [1.82, 2.24) is 21.2 Å². The highest BCUT2D eigenvalue weighted by Crippen LogP contribution is 2.21. The van der Waals surface area contributed by atoms with Crippen molar-refractivity contribution in [2.24, 2.45) is 5.92 Å². The summed E-state index contributed by atoms with van der Waals surface area (Å²) in [5, 5.41) is 4.14. The number of pyridine rings is 1. The molecular weight excluding hydrogens is 451 g/mol. The van der Waals surface area contributed by atoms with Crippen molar-refractivity contribution in [3.8, 4) is 0 Å². The van der Waals surface area contributed by atoms with Crippen LogP contribution in [0.4, 0.5) is 0 Å². The van der Waals surface area contributed by atoms with Crippen LogP contribution in [0.3, 0.4) is 0 Å². The SMILES string of the molecule is CC(C)CC(NC(=O)c1ccc(Cl)cc1Cl)C(=O)NNC(=O)c1ccc2ccccc2n1. The maximum Gasteiger partial charge on any atom is 0.288 e. The van der Waals surface area contributed by atoms with Crippen LogP contribution < -0.4 is 16.2 Å². The first-order valence-electron chi connectivity index (χ1n) is 9.96. The van der Waals surface area contributed by atoms with Crippen molar-refractivity contribution in [3.05, 3.63) is 75.9 Å². The number of aromatic nitrogens is 1. The summed E-state index contributed by atoms with van der Waals surface area (Å²) < 4.78 is 0. The zero-order valence-corrected chi connectivity index (χ0v) is 19.0. The van der Waals surface area contributed by atoms with Crippen LogP contribution in [0, 0.1) is 5.92 Å². The molecule has 1 unspecified atom stereocenters. The third-order valence-electron chi connectivity index (χ3n) is 4.63. The van der Waals surface area contributed by atoms with E-state index < -0.39 is 23.8 Å². The summed E-state index contributed by atoms with van der Waals surface area (Å²) >= 11 is 12.0. The molecule has 0 bridgehead atoms. The van der Waals surface area contributed by atoms with Crippen LogP contribution in [0.1, 0.15) is 41.1 Å². The van der Waals surface area contributed by atoms with Crippen LogP contribution >= 0.6 is 23.2 Å². The summed E-state index contributed by atoms with van der Waals surface area (Å²) in [6.07, 6.45) is 0.354. The second-order valence-corrected chi connectivity index (χ2v) is 8.46. The molecule has 2 aromatic carbocycles. The van der Waals surface area contributed by atoms with E-state index in [1.54, 1.807) is 18.2 Å². The number of halogens is 2. The third kappa shape index (κ3) is 5.96. The molecule has 0 saturated carbocycles. The highest BCUT2D eigenvalue weighted by Gasteiger charge is 2.24. The fourth-order valence-electron chi connectivity index (χ4n) is 3.07. The van der Waals surface area contributed by atoms with Gasteiger partial charge in [0.2, 0.25) is 0 Å². The molecule has 7 nitrogen and oxygen atoms in total. The Hall–Kier alpha value is -3.16. The summed E-state index contributed by atoms with van der Waals surface area (Å²) in [4.78, 5) is 42.1. The first-order chi connectivity index (χ1) is 15.2. The molecule has 3 amide bonds. The summed E-state index contributed by atoms with van der Waals surface area (Å²) in [5.41, 5.74) is 5.73. The molecule has 0 aliphatic carbocycles. The number of carbonyl (C=O) groups is 3. The number of hydrazine groups is 1. The maximum atomic E-state index is 12.7.